The number of aromatic nitrogens is 2. The molecule has 4 rings (SSSR count). The Balaban J connectivity index is 1.37. The lowest BCUT2D eigenvalue weighted by atomic mass is 9.97. The summed E-state index contributed by atoms with van der Waals surface area (Å²) >= 11 is 0. The van der Waals surface area contributed by atoms with Crippen molar-refractivity contribution < 1.29 is 9.53 Å². The standard InChI is InChI=1S/C20H21N3O2/c24-19(23-11-3-6-17(13-23)20-21-9-10-22-20)14-25-18-8-7-15-4-1-2-5-16(15)12-18/h1-2,4-5,7-10,12,17H,3,6,11,13-14H2,(H,21,22). The molecule has 5 nitrogen and oxygen atoms in total. The minimum atomic E-state index is 0.0319. The van der Waals surface area contributed by atoms with Gasteiger partial charge in [-0.05, 0) is 35.7 Å². The molecule has 5 heteroatoms. The highest BCUT2D eigenvalue weighted by molar-refractivity contribution is 5.84. The third-order valence-corrected chi connectivity index (χ3v) is 4.76. The predicted octanol–water partition coefficient (Wildman–Crippen LogP) is 3.35. The Morgan fingerprint density at radius 3 is 2.96 bits per heavy atom. The SMILES string of the molecule is O=C(COc1ccc2ccccc2c1)N1CCCC(c2ncc[nH]2)C1. The number of benzene rings is 2. The monoisotopic (exact) mass is 335 g/mol. The van der Waals surface area contributed by atoms with Gasteiger partial charge in [0, 0.05) is 31.4 Å². The highest BCUT2D eigenvalue weighted by Gasteiger charge is 2.26. The Morgan fingerprint density at radius 2 is 2.12 bits per heavy atom. The third kappa shape index (κ3) is 3.50. The first-order chi connectivity index (χ1) is 12.3. The zero-order valence-corrected chi connectivity index (χ0v) is 14.0. The van der Waals surface area contributed by atoms with E-state index in [1.165, 1.54) is 5.39 Å². The number of nitrogens with one attached hydrogen (secondary N) is 1. The van der Waals surface area contributed by atoms with Crippen molar-refractivity contribution in [2.75, 3.05) is 19.7 Å². The van der Waals surface area contributed by atoms with Gasteiger partial charge in [0.25, 0.3) is 5.91 Å². The molecule has 0 aliphatic carbocycles. The molecule has 1 aromatic heterocycles. The quantitative estimate of drug-likeness (QED) is 0.795. The fourth-order valence-corrected chi connectivity index (χ4v) is 3.42. The molecule has 3 aromatic rings. The molecule has 0 saturated carbocycles. The minimum Gasteiger partial charge on any atom is -0.484 e. The molecule has 25 heavy (non-hydrogen) atoms. The largest absolute Gasteiger partial charge is 0.484 e. The zero-order valence-electron chi connectivity index (χ0n) is 14.0. The van der Waals surface area contributed by atoms with Gasteiger partial charge < -0.3 is 14.6 Å². The maximum Gasteiger partial charge on any atom is 0.260 e. The van der Waals surface area contributed by atoms with Gasteiger partial charge >= 0.3 is 0 Å². The minimum absolute atomic E-state index is 0.0319. The first-order valence-electron chi connectivity index (χ1n) is 8.68. The van der Waals surface area contributed by atoms with Crippen LogP contribution in [0.1, 0.15) is 24.6 Å². The summed E-state index contributed by atoms with van der Waals surface area (Å²) in [6.07, 6.45) is 5.65. The Bertz CT molecular complexity index is 860. The van der Waals surface area contributed by atoms with E-state index in [1.54, 1.807) is 6.20 Å². The molecule has 0 spiro atoms. The Kier molecular flexibility index (Phi) is 4.37. The maximum absolute atomic E-state index is 12.5. The number of aromatic amines is 1. The van der Waals surface area contributed by atoms with Gasteiger partial charge in [-0.2, -0.15) is 0 Å². The van der Waals surface area contributed by atoms with Gasteiger partial charge in [0.2, 0.25) is 0 Å². The maximum atomic E-state index is 12.5. The van der Waals surface area contributed by atoms with Crippen LogP contribution in [0.5, 0.6) is 5.75 Å². The summed E-state index contributed by atoms with van der Waals surface area (Å²) < 4.78 is 5.74. The number of carbonyl (C=O) groups excluding carboxylic acids is 1. The van der Waals surface area contributed by atoms with Crippen LogP contribution < -0.4 is 4.74 Å². The van der Waals surface area contributed by atoms with E-state index < -0.39 is 0 Å². The van der Waals surface area contributed by atoms with E-state index in [0.717, 1.165) is 36.3 Å². The van der Waals surface area contributed by atoms with Gasteiger partial charge in [0.15, 0.2) is 6.61 Å². The molecule has 0 bridgehead atoms. The summed E-state index contributed by atoms with van der Waals surface area (Å²) in [4.78, 5) is 21.9. The van der Waals surface area contributed by atoms with Crippen molar-refractivity contribution in [2.45, 2.75) is 18.8 Å². The lowest BCUT2D eigenvalue weighted by Crippen LogP contribution is -2.41. The number of fused-ring (bicyclic) bond motifs is 1. The molecule has 128 valence electrons. The van der Waals surface area contributed by atoms with Crippen LogP contribution in [0, 0.1) is 0 Å². The molecule has 1 aliphatic rings. The van der Waals surface area contributed by atoms with Crippen molar-refractivity contribution in [2.24, 2.45) is 0 Å². The molecule has 1 unspecified atom stereocenters. The van der Waals surface area contributed by atoms with Gasteiger partial charge in [-0.25, -0.2) is 4.98 Å². The number of H-pyrrole nitrogens is 1. The molecule has 1 N–H and O–H groups in total. The molecule has 1 aliphatic heterocycles. The number of piperidine rings is 1. The number of imidazole rings is 1. The Morgan fingerprint density at radius 1 is 1.24 bits per heavy atom. The second kappa shape index (κ2) is 6.97. The summed E-state index contributed by atoms with van der Waals surface area (Å²) in [5.41, 5.74) is 0. The van der Waals surface area contributed by atoms with Crippen LogP contribution in [0.3, 0.4) is 0 Å². The number of carbonyl (C=O) groups is 1. The molecular formula is C20H21N3O2. The number of ether oxygens (including phenoxy) is 1. The van der Waals surface area contributed by atoms with Crippen molar-refractivity contribution in [3.05, 3.63) is 60.7 Å². The van der Waals surface area contributed by atoms with Crippen LogP contribution >= 0.6 is 0 Å². The fraction of sp³-hybridized carbons (Fsp3) is 0.300. The smallest absolute Gasteiger partial charge is 0.260 e. The van der Waals surface area contributed by atoms with Crippen molar-refractivity contribution in [3.8, 4) is 5.75 Å². The van der Waals surface area contributed by atoms with E-state index in [4.69, 9.17) is 4.74 Å². The zero-order chi connectivity index (χ0) is 17.1. The average molecular weight is 335 g/mol. The Labute approximate surface area is 146 Å². The highest BCUT2D eigenvalue weighted by atomic mass is 16.5. The molecule has 2 aromatic carbocycles. The van der Waals surface area contributed by atoms with Crippen LogP contribution in [0.4, 0.5) is 0 Å². The first kappa shape index (κ1) is 15.7. The van der Waals surface area contributed by atoms with Crippen molar-refractivity contribution in [3.63, 3.8) is 0 Å². The molecule has 1 saturated heterocycles. The van der Waals surface area contributed by atoms with Crippen LogP contribution in [-0.2, 0) is 4.79 Å². The molecule has 1 fully saturated rings. The van der Waals surface area contributed by atoms with Crippen molar-refractivity contribution in [1.29, 1.82) is 0 Å². The molecule has 1 amide bonds. The summed E-state index contributed by atoms with van der Waals surface area (Å²) in [5.74, 6) is 2.01. The summed E-state index contributed by atoms with van der Waals surface area (Å²) in [5, 5.41) is 2.28. The van der Waals surface area contributed by atoms with E-state index in [1.807, 2.05) is 47.5 Å². The first-order valence-corrected chi connectivity index (χ1v) is 8.68. The molecule has 0 radical (unpaired) electrons. The van der Waals surface area contributed by atoms with Crippen LogP contribution in [0.15, 0.2) is 54.9 Å². The topological polar surface area (TPSA) is 58.2 Å². The molecular weight excluding hydrogens is 314 g/mol. The van der Waals surface area contributed by atoms with E-state index in [9.17, 15) is 4.79 Å². The van der Waals surface area contributed by atoms with Crippen LogP contribution in [-0.4, -0.2) is 40.5 Å². The molecule has 1 atom stereocenters. The van der Waals surface area contributed by atoms with Gasteiger partial charge in [-0.15, -0.1) is 0 Å². The highest BCUT2D eigenvalue weighted by Crippen LogP contribution is 2.25. The number of hydrogen-bond acceptors (Lipinski definition) is 3. The summed E-state index contributed by atoms with van der Waals surface area (Å²) in [6.45, 7) is 1.56. The third-order valence-electron chi connectivity index (χ3n) is 4.76. The van der Waals surface area contributed by atoms with Crippen LogP contribution in [0.2, 0.25) is 0 Å². The summed E-state index contributed by atoms with van der Waals surface area (Å²) in [6, 6.07) is 14.0. The van der Waals surface area contributed by atoms with Crippen LogP contribution in [0.25, 0.3) is 10.8 Å². The normalized spacial score (nSPS) is 17.6. The van der Waals surface area contributed by atoms with Crippen molar-refractivity contribution >= 4 is 16.7 Å². The second-order valence-corrected chi connectivity index (χ2v) is 6.45. The van der Waals surface area contributed by atoms with Gasteiger partial charge in [0.1, 0.15) is 11.6 Å². The van der Waals surface area contributed by atoms with E-state index in [2.05, 4.69) is 16.0 Å². The van der Waals surface area contributed by atoms with E-state index >= 15 is 0 Å². The van der Waals surface area contributed by atoms with Crippen molar-refractivity contribution in [1.82, 2.24) is 14.9 Å². The van der Waals surface area contributed by atoms with Gasteiger partial charge in [-0.1, -0.05) is 30.3 Å². The second-order valence-electron chi connectivity index (χ2n) is 6.45. The average Bonchev–Trinajstić information content (AvgIpc) is 3.21. The predicted molar refractivity (Wildman–Crippen MR) is 96.6 cm³/mol. The van der Waals surface area contributed by atoms with E-state index in [-0.39, 0.29) is 18.4 Å². The number of likely N-dealkylation sites (tertiary alicyclic amines) is 1. The number of hydrogen-bond donors (Lipinski definition) is 1. The van der Waals surface area contributed by atoms with Gasteiger partial charge in [0.05, 0.1) is 0 Å². The fourth-order valence-electron chi connectivity index (χ4n) is 3.42. The lowest BCUT2D eigenvalue weighted by Gasteiger charge is -2.31. The Hall–Kier alpha value is -2.82. The van der Waals surface area contributed by atoms with Gasteiger partial charge in [-0.3, -0.25) is 4.79 Å². The number of rotatable bonds is 4. The lowest BCUT2D eigenvalue weighted by molar-refractivity contribution is -0.134. The van der Waals surface area contributed by atoms with E-state index in [0.29, 0.717) is 6.54 Å². The number of nitrogens with zero attached hydrogens (tertiary/aromatic N) is 2. The summed E-state index contributed by atoms with van der Waals surface area (Å²) in [7, 11) is 0. The number of amides is 1. The molecule has 2 heterocycles.